The summed E-state index contributed by atoms with van der Waals surface area (Å²) in [5.74, 6) is 0.637. The molecule has 0 unspecified atom stereocenters. The minimum atomic E-state index is -0.347. The van der Waals surface area contributed by atoms with Gasteiger partial charge >= 0.3 is 0 Å². The zero-order chi connectivity index (χ0) is 16.3. The standard InChI is InChI=1S/C17H20N2O3/c1-11(2)10-19-17(21)14(12(3)20)9-15(18-19)13-7-5-6-8-16(13)22-4/h5-9,11H,10H2,1-4H3. The summed E-state index contributed by atoms with van der Waals surface area (Å²) < 4.78 is 6.70. The highest BCUT2D eigenvalue weighted by Gasteiger charge is 2.16. The van der Waals surface area contributed by atoms with Crippen LogP contribution in [0.4, 0.5) is 0 Å². The highest BCUT2D eigenvalue weighted by atomic mass is 16.5. The van der Waals surface area contributed by atoms with Gasteiger partial charge in [-0.15, -0.1) is 0 Å². The fraction of sp³-hybridized carbons (Fsp3) is 0.353. The number of benzene rings is 1. The SMILES string of the molecule is COc1ccccc1-c1cc(C(C)=O)c(=O)n(CC(C)C)n1. The van der Waals surface area contributed by atoms with Crippen molar-refractivity contribution < 1.29 is 9.53 Å². The number of methoxy groups -OCH3 is 1. The number of ether oxygens (including phenoxy) is 1. The van der Waals surface area contributed by atoms with Crippen LogP contribution in [0, 0.1) is 5.92 Å². The summed E-state index contributed by atoms with van der Waals surface area (Å²) in [6.07, 6.45) is 0. The van der Waals surface area contributed by atoms with Gasteiger partial charge in [-0.2, -0.15) is 5.10 Å². The predicted molar refractivity (Wildman–Crippen MR) is 85.3 cm³/mol. The van der Waals surface area contributed by atoms with Crippen molar-refractivity contribution in [2.75, 3.05) is 7.11 Å². The van der Waals surface area contributed by atoms with Crippen LogP contribution in [-0.2, 0) is 6.54 Å². The molecule has 1 aromatic carbocycles. The molecule has 0 aliphatic heterocycles. The molecule has 0 amide bonds. The Morgan fingerprint density at radius 2 is 2.00 bits per heavy atom. The average molecular weight is 300 g/mol. The quantitative estimate of drug-likeness (QED) is 0.797. The minimum absolute atomic E-state index is 0.150. The van der Waals surface area contributed by atoms with Crippen LogP contribution in [0.15, 0.2) is 35.1 Å². The highest BCUT2D eigenvalue weighted by Crippen LogP contribution is 2.27. The van der Waals surface area contributed by atoms with E-state index in [1.165, 1.54) is 11.6 Å². The van der Waals surface area contributed by atoms with E-state index in [4.69, 9.17) is 4.74 Å². The third-order valence-corrected chi connectivity index (χ3v) is 3.27. The summed E-state index contributed by atoms with van der Waals surface area (Å²) in [7, 11) is 1.58. The Morgan fingerprint density at radius 1 is 1.32 bits per heavy atom. The molecule has 2 rings (SSSR count). The van der Waals surface area contributed by atoms with E-state index >= 15 is 0 Å². The number of carbonyl (C=O) groups excluding carboxylic acids is 1. The molecule has 116 valence electrons. The maximum atomic E-state index is 12.3. The lowest BCUT2D eigenvalue weighted by Gasteiger charge is -2.13. The van der Waals surface area contributed by atoms with Crippen molar-refractivity contribution in [3.63, 3.8) is 0 Å². The third kappa shape index (κ3) is 3.24. The second kappa shape index (κ2) is 6.56. The third-order valence-electron chi connectivity index (χ3n) is 3.27. The number of hydrogen-bond donors (Lipinski definition) is 0. The summed E-state index contributed by atoms with van der Waals surface area (Å²) >= 11 is 0. The molecule has 0 saturated carbocycles. The Morgan fingerprint density at radius 3 is 2.59 bits per heavy atom. The minimum Gasteiger partial charge on any atom is -0.496 e. The number of nitrogens with zero attached hydrogens (tertiary/aromatic N) is 2. The lowest BCUT2D eigenvalue weighted by atomic mass is 10.1. The largest absolute Gasteiger partial charge is 0.496 e. The maximum Gasteiger partial charge on any atom is 0.277 e. The first-order valence-electron chi connectivity index (χ1n) is 7.20. The van der Waals surface area contributed by atoms with Gasteiger partial charge in [0.1, 0.15) is 5.75 Å². The molecule has 5 nitrogen and oxygen atoms in total. The molecule has 0 spiro atoms. The Kier molecular flexibility index (Phi) is 4.75. The van der Waals surface area contributed by atoms with Gasteiger partial charge < -0.3 is 4.74 Å². The second-order valence-corrected chi connectivity index (χ2v) is 5.58. The van der Waals surface area contributed by atoms with Crippen LogP contribution in [0.5, 0.6) is 5.75 Å². The van der Waals surface area contributed by atoms with E-state index in [0.717, 1.165) is 5.56 Å². The molecule has 0 fully saturated rings. The molecule has 0 saturated heterocycles. The van der Waals surface area contributed by atoms with E-state index in [2.05, 4.69) is 5.10 Å². The number of Topliss-reactive ketones (excluding diaryl/α,β-unsaturated/α-hetero) is 1. The first-order valence-corrected chi connectivity index (χ1v) is 7.20. The van der Waals surface area contributed by atoms with E-state index in [1.54, 1.807) is 13.2 Å². The number of ketones is 1. The van der Waals surface area contributed by atoms with Crippen molar-refractivity contribution in [2.45, 2.75) is 27.3 Å². The number of rotatable bonds is 5. The number of hydrogen-bond acceptors (Lipinski definition) is 4. The van der Waals surface area contributed by atoms with Gasteiger partial charge in [-0.3, -0.25) is 9.59 Å². The summed E-state index contributed by atoms with van der Waals surface area (Å²) in [6.45, 7) is 5.85. The topological polar surface area (TPSA) is 61.2 Å². The van der Waals surface area contributed by atoms with Crippen LogP contribution in [0.25, 0.3) is 11.3 Å². The molecule has 0 atom stereocenters. The number of aromatic nitrogens is 2. The Balaban J connectivity index is 2.68. The first kappa shape index (κ1) is 15.9. The van der Waals surface area contributed by atoms with Crippen molar-refractivity contribution in [3.8, 4) is 17.0 Å². The average Bonchev–Trinajstić information content (AvgIpc) is 2.48. The van der Waals surface area contributed by atoms with Crippen molar-refractivity contribution in [2.24, 2.45) is 5.92 Å². The fourth-order valence-electron chi connectivity index (χ4n) is 2.25. The summed E-state index contributed by atoms with van der Waals surface area (Å²) in [5.41, 5.74) is 1.12. The summed E-state index contributed by atoms with van der Waals surface area (Å²) in [4.78, 5) is 24.1. The predicted octanol–water partition coefficient (Wildman–Crippen LogP) is 2.78. The molecular weight excluding hydrogens is 280 g/mol. The lowest BCUT2D eigenvalue weighted by Crippen LogP contribution is -2.30. The van der Waals surface area contributed by atoms with Crippen molar-refractivity contribution in [1.82, 2.24) is 9.78 Å². The van der Waals surface area contributed by atoms with Crippen LogP contribution in [0.1, 0.15) is 31.1 Å². The molecular formula is C17H20N2O3. The molecule has 0 aliphatic carbocycles. The van der Waals surface area contributed by atoms with Crippen LogP contribution < -0.4 is 10.3 Å². The molecule has 0 bridgehead atoms. The zero-order valence-electron chi connectivity index (χ0n) is 13.3. The second-order valence-electron chi connectivity index (χ2n) is 5.58. The summed E-state index contributed by atoms with van der Waals surface area (Å²) in [6, 6.07) is 8.94. The number of carbonyl (C=O) groups is 1. The molecule has 5 heteroatoms. The lowest BCUT2D eigenvalue weighted by molar-refractivity contribution is 0.101. The van der Waals surface area contributed by atoms with Gasteiger partial charge in [0.2, 0.25) is 0 Å². The molecule has 0 radical (unpaired) electrons. The van der Waals surface area contributed by atoms with Gasteiger partial charge in [-0.05, 0) is 31.0 Å². The van der Waals surface area contributed by atoms with E-state index in [1.807, 2.05) is 38.1 Å². The Labute approximate surface area is 129 Å². The van der Waals surface area contributed by atoms with Gasteiger partial charge in [0.15, 0.2) is 5.78 Å². The van der Waals surface area contributed by atoms with E-state index in [9.17, 15) is 9.59 Å². The molecule has 22 heavy (non-hydrogen) atoms. The normalized spacial score (nSPS) is 10.8. The molecule has 1 heterocycles. The molecule has 0 N–H and O–H groups in total. The Bertz CT molecular complexity index is 748. The van der Waals surface area contributed by atoms with E-state index in [-0.39, 0.29) is 22.8 Å². The molecule has 1 aromatic heterocycles. The van der Waals surface area contributed by atoms with Crippen molar-refractivity contribution >= 4 is 5.78 Å². The highest BCUT2D eigenvalue weighted by molar-refractivity contribution is 5.94. The van der Waals surface area contributed by atoms with Gasteiger partial charge in [0.05, 0.1) is 18.4 Å². The van der Waals surface area contributed by atoms with E-state index < -0.39 is 0 Å². The van der Waals surface area contributed by atoms with Gasteiger partial charge in [-0.1, -0.05) is 26.0 Å². The zero-order valence-corrected chi connectivity index (χ0v) is 13.3. The van der Waals surface area contributed by atoms with Crippen molar-refractivity contribution in [3.05, 3.63) is 46.2 Å². The van der Waals surface area contributed by atoms with E-state index in [0.29, 0.717) is 18.0 Å². The number of para-hydroxylation sites is 1. The maximum absolute atomic E-state index is 12.3. The first-order chi connectivity index (χ1) is 10.4. The fourth-order valence-corrected chi connectivity index (χ4v) is 2.25. The van der Waals surface area contributed by atoms with Crippen LogP contribution >= 0.6 is 0 Å². The molecule has 2 aromatic rings. The smallest absolute Gasteiger partial charge is 0.277 e. The Hall–Kier alpha value is -2.43. The van der Waals surface area contributed by atoms with Gasteiger partial charge in [0, 0.05) is 12.1 Å². The van der Waals surface area contributed by atoms with Gasteiger partial charge in [-0.25, -0.2) is 4.68 Å². The monoisotopic (exact) mass is 300 g/mol. The summed E-state index contributed by atoms with van der Waals surface area (Å²) in [5, 5.41) is 4.41. The molecule has 0 aliphatic rings. The van der Waals surface area contributed by atoms with Crippen LogP contribution in [0.2, 0.25) is 0 Å². The van der Waals surface area contributed by atoms with Gasteiger partial charge in [0.25, 0.3) is 5.56 Å². The van der Waals surface area contributed by atoms with Crippen LogP contribution in [0.3, 0.4) is 0 Å². The van der Waals surface area contributed by atoms with Crippen LogP contribution in [-0.4, -0.2) is 22.7 Å². The van der Waals surface area contributed by atoms with Crippen molar-refractivity contribution in [1.29, 1.82) is 0 Å².